The Morgan fingerprint density at radius 3 is 2.48 bits per heavy atom. The number of aliphatic hydroxyl groups excluding tert-OH is 1. The molecule has 0 aliphatic heterocycles. The summed E-state index contributed by atoms with van der Waals surface area (Å²) in [5.41, 5.74) is 3.23. The predicted octanol–water partition coefficient (Wildman–Crippen LogP) is 3.29. The third kappa shape index (κ3) is 7.94. The van der Waals surface area contributed by atoms with Gasteiger partial charge in [0.25, 0.3) is 0 Å². The van der Waals surface area contributed by atoms with Gasteiger partial charge in [-0.25, -0.2) is 4.39 Å². The van der Waals surface area contributed by atoms with Crippen LogP contribution in [0.3, 0.4) is 0 Å². The lowest BCUT2D eigenvalue weighted by atomic mass is 10.2. The number of halogens is 1. The highest BCUT2D eigenvalue weighted by Gasteiger charge is 2.19. The average molecular weight is 426 g/mol. The Morgan fingerprint density at radius 1 is 0.968 bits per heavy atom. The van der Waals surface area contributed by atoms with E-state index in [0.29, 0.717) is 32.2 Å². The molecule has 2 atom stereocenters. The van der Waals surface area contributed by atoms with Gasteiger partial charge in [-0.15, -0.1) is 0 Å². The number of ether oxygens (including phenoxy) is 1. The number of nitrogens with zero attached hydrogens (tertiary/aromatic N) is 1. The summed E-state index contributed by atoms with van der Waals surface area (Å²) in [5.74, 6) is 0.302. The molecule has 0 aliphatic carbocycles. The van der Waals surface area contributed by atoms with E-state index < -0.39 is 6.10 Å². The minimum atomic E-state index is -0.524. The predicted molar refractivity (Wildman–Crippen MR) is 121 cm³/mol. The zero-order chi connectivity index (χ0) is 22.1. The first-order valence-corrected chi connectivity index (χ1v) is 11.0. The molecule has 0 bridgehead atoms. The molecule has 0 radical (unpaired) electrons. The number of rotatable bonds is 12. The van der Waals surface area contributed by atoms with E-state index in [0.717, 1.165) is 24.2 Å². The maximum absolute atomic E-state index is 13.6. The number of benzene rings is 2. The van der Waals surface area contributed by atoms with Crippen molar-refractivity contribution in [3.05, 3.63) is 95.6 Å². The van der Waals surface area contributed by atoms with Crippen LogP contribution < -0.4 is 4.90 Å². The Hall–Kier alpha value is -2.47. The van der Waals surface area contributed by atoms with E-state index in [1.165, 1.54) is 16.7 Å². The van der Waals surface area contributed by atoms with Crippen molar-refractivity contribution < 1.29 is 19.1 Å². The first-order valence-electron chi connectivity index (χ1n) is 11.0. The van der Waals surface area contributed by atoms with Crippen LogP contribution in [-0.4, -0.2) is 35.5 Å². The first kappa shape index (κ1) is 23.2. The van der Waals surface area contributed by atoms with E-state index in [4.69, 9.17) is 4.74 Å². The van der Waals surface area contributed by atoms with Gasteiger partial charge in [-0.05, 0) is 35.4 Å². The quantitative estimate of drug-likeness (QED) is 0.467. The van der Waals surface area contributed by atoms with Crippen molar-refractivity contribution in [1.29, 1.82) is 0 Å². The maximum atomic E-state index is 13.6. The second-order valence-electron chi connectivity index (χ2n) is 8.64. The monoisotopic (exact) mass is 425 g/mol. The van der Waals surface area contributed by atoms with Gasteiger partial charge in [0.1, 0.15) is 25.0 Å². The highest BCUT2D eigenvalue weighted by molar-refractivity contribution is 5.18. The number of hydrogen-bond donors (Lipinski definition) is 2. The van der Waals surface area contributed by atoms with Crippen molar-refractivity contribution in [2.75, 3.05) is 19.7 Å². The fraction of sp³-hybridized carbons (Fsp3) is 0.385. The van der Waals surface area contributed by atoms with Crippen molar-refractivity contribution in [2.45, 2.75) is 39.6 Å². The van der Waals surface area contributed by atoms with Crippen LogP contribution in [0.2, 0.25) is 0 Å². The van der Waals surface area contributed by atoms with Crippen LogP contribution in [-0.2, 0) is 24.4 Å². The third-order valence-corrected chi connectivity index (χ3v) is 5.24. The standard InChI is InChI=1S/C26H33FN2O2/c1-21(2)15-28(18-26(30)20-31-19-22-8-4-3-5-9-22)17-25-12-7-13-29(25)16-23-10-6-11-24(27)14-23/h3-14,21,26,30H,15-20H2,1-2H3/p+1/t26-/m0/s1. The van der Waals surface area contributed by atoms with Crippen LogP contribution >= 0.6 is 0 Å². The Labute approximate surface area is 184 Å². The summed E-state index contributed by atoms with van der Waals surface area (Å²) < 4.78 is 21.4. The molecule has 4 nitrogen and oxygen atoms in total. The smallest absolute Gasteiger partial charge is 0.126 e. The summed E-state index contributed by atoms with van der Waals surface area (Å²) in [4.78, 5) is 1.31. The van der Waals surface area contributed by atoms with E-state index in [1.54, 1.807) is 12.1 Å². The van der Waals surface area contributed by atoms with E-state index in [-0.39, 0.29) is 5.82 Å². The molecule has 0 saturated heterocycles. The highest BCUT2D eigenvalue weighted by Crippen LogP contribution is 2.09. The van der Waals surface area contributed by atoms with Crippen LogP contribution in [0, 0.1) is 11.7 Å². The fourth-order valence-electron chi connectivity index (χ4n) is 3.94. The SMILES string of the molecule is CC(C)C[NH+](Cc1cccn1Cc1cccc(F)c1)C[C@H](O)COCc1ccccc1. The lowest BCUT2D eigenvalue weighted by Gasteiger charge is -2.24. The summed E-state index contributed by atoms with van der Waals surface area (Å²) in [6.45, 7) is 8.25. The van der Waals surface area contributed by atoms with Gasteiger partial charge in [0.15, 0.2) is 0 Å². The Balaban J connectivity index is 1.56. The molecule has 166 valence electrons. The summed E-state index contributed by atoms with van der Waals surface area (Å²) in [5, 5.41) is 10.6. The van der Waals surface area contributed by atoms with Gasteiger partial charge in [-0.3, -0.25) is 0 Å². The molecule has 3 rings (SSSR count). The molecule has 31 heavy (non-hydrogen) atoms. The molecule has 2 N–H and O–H groups in total. The largest absolute Gasteiger partial charge is 0.385 e. The average Bonchev–Trinajstić information content (AvgIpc) is 3.14. The van der Waals surface area contributed by atoms with Crippen LogP contribution in [0.5, 0.6) is 0 Å². The lowest BCUT2D eigenvalue weighted by Crippen LogP contribution is -3.12. The summed E-state index contributed by atoms with van der Waals surface area (Å²) >= 11 is 0. The van der Waals surface area contributed by atoms with Crippen LogP contribution in [0.25, 0.3) is 0 Å². The molecule has 1 aromatic heterocycles. The van der Waals surface area contributed by atoms with E-state index in [1.807, 2.05) is 48.7 Å². The van der Waals surface area contributed by atoms with Crippen molar-refractivity contribution in [1.82, 2.24) is 4.57 Å². The van der Waals surface area contributed by atoms with Crippen LogP contribution in [0.4, 0.5) is 4.39 Å². The van der Waals surface area contributed by atoms with E-state index in [9.17, 15) is 9.50 Å². The molecule has 1 heterocycles. The van der Waals surface area contributed by atoms with Crippen molar-refractivity contribution in [3.63, 3.8) is 0 Å². The minimum absolute atomic E-state index is 0.211. The molecule has 5 heteroatoms. The molecule has 0 saturated carbocycles. The third-order valence-electron chi connectivity index (χ3n) is 5.24. The second kappa shape index (κ2) is 11.8. The zero-order valence-electron chi connectivity index (χ0n) is 18.5. The van der Waals surface area contributed by atoms with Gasteiger partial charge in [0.05, 0.1) is 25.5 Å². The molecule has 3 aromatic rings. The molecule has 2 aromatic carbocycles. The maximum Gasteiger partial charge on any atom is 0.126 e. The van der Waals surface area contributed by atoms with Gasteiger partial charge in [-0.1, -0.05) is 56.3 Å². The number of nitrogens with one attached hydrogen (secondary N) is 1. The van der Waals surface area contributed by atoms with E-state index in [2.05, 4.69) is 24.5 Å². The van der Waals surface area contributed by atoms with Gasteiger partial charge in [0, 0.05) is 18.7 Å². The molecule has 1 unspecified atom stereocenters. The molecule has 0 aliphatic rings. The lowest BCUT2D eigenvalue weighted by molar-refractivity contribution is -0.920. The Morgan fingerprint density at radius 2 is 1.74 bits per heavy atom. The van der Waals surface area contributed by atoms with Gasteiger partial charge in [0.2, 0.25) is 0 Å². The molecule has 0 amide bonds. The molecular weight excluding hydrogens is 391 g/mol. The second-order valence-corrected chi connectivity index (χ2v) is 8.64. The van der Waals surface area contributed by atoms with Crippen molar-refractivity contribution in [2.24, 2.45) is 5.92 Å². The number of aliphatic hydroxyl groups is 1. The molecule has 0 fully saturated rings. The Kier molecular flexibility index (Phi) is 8.83. The van der Waals surface area contributed by atoms with E-state index >= 15 is 0 Å². The molecule has 0 spiro atoms. The summed E-state index contributed by atoms with van der Waals surface area (Å²) in [7, 11) is 0. The van der Waals surface area contributed by atoms with Gasteiger partial charge >= 0.3 is 0 Å². The normalized spacial score (nSPS) is 13.5. The van der Waals surface area contributed by atoms with Crippen molar-refractivity contribution in [3.8, 4) is 0 Å². The molecular formula is C26H34FN2O2+. The number of quaternary nitrogens is 1. The fourth-order valence-corrected chi connectivity index (χ4v) is 3.94. The van der Waals surface area contributed by atoms with Crippen LogP contribution in [0.1, 0.15) is 30.7 Å². The minimum Gasteiger partial charge on any atom is -0.385 e. The topological polar surface area (TPSA) is 38.8 Å². The summed E-state index contributed by atoms with van der Waals surface area (Å²) in [6, 6.07) is 20.9. The highest BCUT2D eigenvalue weighted by atomic mass is 19.1. The van der Waals surface area contributed by atoms with Gasteiger partial charge in [-0.2, -0.15) is 0 Å². The number of aromatic nitrogens is 1. The van der Waals surface area contributed by atoms with Crippen molar-refractivity contribution >= 4 is 0 Å². The van der Waals surface area contributed by atoms with Gasteiger partial charge < -0.3 is 19.3 Å². The number of hydrogen-bond acceptors (Lipinski definition) is 2. The summed E-state index contributed by atoms with van der Waals surface area (Å²) in [6.07, 6.45) is 1.51. The van der Waals surface area contributed by atoms with Crippen LogP contribution in [0.15, 0.2) is 72.9 Å². The zero-order valence-corrected chi connectivity index (χ0v) is 18.5. The Bertz CT molecular complexity index is 911. The first-order chi connectivity index (χ1) is 15.0.